The first-order valence-corrected chi connectivity index (χ1v) is 14.1. The maximum atomic E-state index is 9.50. The number of nitriles is 1. The first kappa shape index (κ1) is 24.7. The zero-order chi connectivity index (χ0) is 28.8. The van der Waals surface area contributed by atoms with Crippen molar-refractivity contribution in [2.45, 2.75) is 0 Å². The number of furan rings is 1. The summed E-state index contributed by atoms with van der Waals surface area (Å²) < 4.78 is 6.51. The van der Waals surface area contributed by atoms with E-state index in [2.05, 4.69) is 72.8 Å². The summed E-state index contributed by atoms with van der Waals surface area (Å²) in [5, 5.41) is 14.1. The summed E-state index contributed by atoms with van der Waals surface area (Å²) in [4.78, 5) is 10.0. The van der Waals surface area contributed by atoms with E-state index in [1.807, 2.05) is 66.7 Å². The number of benzene rings is 6. The second-order valence-corrected chi connectivity index (χ2v) is 10.5. The van der Waals surface area contributed by atoms with Crippen molar-refractivity contribution in [1.82, 2.24) is 9.97 Å². The maximum absolute atomic E-state index is 9.50. The molecule has 0 aliphatic carbocycles. The van der Waals surface area contributed by atoms with Crippen LogP contribution in [0.15, 0.2) is 144 Å². The average Bonchev–Trinajstić information content (AvgIpc) is 3.48. The average molecular weight is 550 g/mol. The fourth-order valence-corrected chi connectivity index (χ4v) is 5.85. The third-order valence-electron chi connectivity index (χ3n) is 7.90. The molecule has 0 fully saturated rings. The third-order valence-corrected chi connectivity index (χ3v) is 7.90. The third kappa shape index (κ3) is 4.32. The number of nitrogens with zero attached hydrogens (tertiary/aromatic N) is 3. The number of para-hydroxylation sites is 1. The van der Waals surface area contributed by atoms with E-state index in [1.54, 1.807) is 6.07 Å². The molecule has 8 rings (SSSR count). The SMILES string of the molecule is N#Cc1cccc(-c2cc(-c3ccccc3)nc(-c3cccc(-c4cccc5c4oc4ccc6ccccc6c45)c3)n2)c1. The van der Waals surface area contributed by atoms with Crippen LogP contribution in [0.4, 0.5) is 0 Å². The Bertz CT molecular complexity index is 2360. The highest BCUT2D eigenvalue weighted by Gasteiger charge is 2.16. The molecule has 0 spiro atoms. The van der Waals surface area contributed by atoms with E-state index in [9.17, 15) is 5.26 Å². The van der Waals surface area contributed by atoms with E-state index >= 15 is 0 Å². The Morgan fingerprint density at radius 2 is 1.23 bits per heavy atom. The van der Waals surface area contributed by atoms with E-state index in [0.29, 0.717) is 11.4 Å². The van der Waals surface area contributed by atoms with E-state index in [1.165, 1.54) is 10.8 Å². The van der Waals surface area contributed by atoms with Crippen LogP contribution in [0.2, 0.25) is 0 Å². The smallest absolute Gasteiger partial charge is 0.160 e. The van der Waals surface area contributed by atoms with Gasteiger partial charge in [0.15, 0.2) is 5.82 Å². The molecule has 2 heterocycles. The van der Waals surface area contributed by atoms with Gasteiger partial charge in [-0.3, -0.25) is 0 Å². The second kappa shape index (κ2) is 10.1. The molecule has 200 valence electrons. The van der Waals surface area contributed by atoms with Crippen molar-refractivity contribution >= 4 is 32.7 Å². The Morgan fingerprint density at radius 3 is 2.12 bits per heavy atom. The van der Waals surface area contributed by atoms with Crippen molar-refractivity contribution in [1.29, 1.82) is 5.26 Å². The van der Waals surface area contributed by atoms with Crippen molar-refractivity contribution in [3.05, 3.63) is 145 Å². The molecule has 0 radical (unpaired) electrons. The number of hydrogen-bond donors (Lipinski definition) is 0. The van der Waals surface area contributed by atoms with Crippen LogP contribution in [0.5, 0.6) is 0 Å². The molecule has 0 amide bonds. The quantitative estimate of drug-likeness (QED) is 0.219. The van der Waals surface area contributed by atoms with Gasteiger partial charge in [-0.05, 0) is 46.7 Å². The first-order valence-electron chi connectivity index (χ1n) is 14.1. The molecule has 2 aromatic heterocycles. The molecule has 0 N–H and O–H groups in total. The molecule has 6 aromatic carbocycles. The predicted molar refractivity (Wildman–Crippen MR) is 173 cm³/mol. The van der Waals surface area contributed by atoms with Crippen molar-refractivity contribution in [2.75, 3.05) is 0 Å². The maximum Gasteiger partial charge on any atom is 0.160 e. The van der Waals surface area contributed by atoms with E-state index in [-0.39, 0.29) is 0 Å². The highest BCUT2D eigenvalue weighted by molar-refractivity contribution is 6.20. The van der Waals surface area contributed by atoms with Gasteiger partial charge in [-0.25, -0.2) is 9.97 Å². The number of aromatic nitrogens is 2. The lowest BCUT2D eigenvalue weighted by atomic mass is 9.98. The fourth-order valence-electron chi connectivity index (χ4n) is 5.85. The van der Waals surface area contributed by atoms with Gasteiger partial charge in [0.1, 0.15) is 11.2 Å². The standard InChI is InChI=1S/C39H23N3O/c40-24-25-9-6-14-29(21-25)35-23-34(27-11-2-1-3-12-27)41-39(42-35)30-15-7-13-28(22-30)32-17-8-18-33-37-31-16-5-4-10-26(31)19-20-36(37)43-38(32)33/h1-23H. The predicted octanol–water partition coefficient (Wildman–Crippen LogP) is 10.1. The Balaban J connectivity index is 1.30. The van der Waals surface area contributed by atoms with Crippen molar-refractivity contribution in [3.63, 3.8) is 0 Å². The Morgan fingerprint density at radius 1 is 0.535 bits per heavy atom. The zero-order valence-corrected chi connectivity index (χ0v) is 23.0. The molecule has 0 atom stereocenters. The Kier molecular flexibility index (Phi) is 5.80. The van der Waals surface area contributed by atoms with E-state index < -0.39 is 0 Å². The van der Waals surface area contributed by atoms with Gasteiger partial charge >= 0.3 is 0 Å². The molecule has 0 saturated carbocycles. The topological polar surface area (TPSA) is 62.7 Å². The Hall–Kier alpha value is -6.05. The minimum absolute atomic E-state index is 0.590. The van der Waals surface area contributed by atoms with Gasteiger partial charge < -0.3 is 4.42 Å². The molecule has 0 saturated heterocycles. The normalized spacial score (nSPS) is 11.2. The van der Waals surface area contributed by atoms with Crippen LogP contribution < -0.4 is 0 Å². The minimum Gasteiger partial charge on any atom is -0.455 e. The molecule has 43 heavy (non-hydrogen) atoms. The van der Waals surface area contributed by atoms with E-state index in [4.69, 9.17) is 14.4 Å². The van der Waals surface area contributed by atoms with Crippen molar-refractivity contribution in [2.24, 2.45) is 0 Å². The first-order chi connectivity index (χ1) is 21.2. The van der Waals surface area contributed by atoms with Gasteiger partial charge in [-0.1, -0.05) is 109 Å². The summed E-state index contributed by atoms with van der Waals surface area (Å²) >= 11 is 0. The van der Waals surface area contributed by atoms with Crippen molar-refractivity contribution < 1.29 is 4.42 Å². The summed E-state index contributed by atoms with van der Waals surface area (Å²) in [6.07, 6.45) is 0. The molecule has 0 aliphatic rings. The number of hydrogen-bond acceptors (Lipinski definition) is 4. The van der Waals surface area contributed by atoms with Gasteiger partial charge in [0, 0.05) is 33.0 Å². The highest BCUT2D eigenvalue weighted by Crippen LogP contribution is 2.40. The molecule has 8 aromatic rings. The van der Waals surface area contributed by atoms with Crippen LogP contribution in [0.25, 0.3) is 77.7 Å². The molecule has 4 heteroatoms. The van der Waals surface area contributed by atoms with Crippen LogP contribution in [-0.4, -0.2) is 9.97 Å². The van der Waals surface area contributed by atoms with Crippen LogP contribution >= 0.6 is 0 Å². The lowest BCUT2D eigenvalue weighted by Gasteiger charge is -2.11. The summed E-state index contributed by atoms with van der Waals surface area (Å²) in [6, 6.07) is 49.1. The largest absolute Gasteiger partial charge is 0.455 e. The summed E-state index contributed by atoms with van der Waals surface area (Å²) in [5.74, 6) is 0.614. The molecular formula is C39H23N3O. The summed E-state index contributed by atoms with van der Waals surface area (Å²) in [7, 11) is 0. The second-order valence-electron chi connectivity index (χ2n) is 10.5. The van der Waals surface area contributed by atoms with Crippen molar-refractivity contribution in [3.8, 4) is 51.1 Å². The molecule has 4 nitrogen and oxygen atoms in total. The molecular weight excluding hydrogens is 526 g/mol. The van der Waals surface area contributed by atoms with Gasteiger partial charge in [-0.15, -0.1) is 0 Å². The molecule has 0 aliphatic heterocycles. The zero-order valence-electron chi connectivity index (χ0n) is 23.0. The molecule has 0 unspecified atom stereocenters. The molecule has 0 bridgehead atoms. The van der Waals surface area contributed by atoms with Crippen LogP contribution in [0.3, 0.4) is 0 Å². The minimum atomic E-state index is 0.590. The van der Waals surface area contributed by atoms with Crippen LogP contribution in [0, 0.1) is 11.3 Å². The van der Waals surface area contributed by atoms with Gasteiger partial charge in [0.25, 0.3) is 0 Å². The van der Waals surface area contributed by atoms with Gasteiger partial charge in [0.2, 0.25) is 0 Å². The van der Waals surface area contributed by atoms with Crippen LogP contribution in [0.1, 0.15) is 5.56 Å². The van der Waals surface area contributed by atoms with Gasteiger partial charge in [0.05, 0.1) is 23.0 Å². The number of fused-ring (bicyclic) bond motifs is 5. The number of rotatable bonds is 4. The monoisotopic (exact) mass is 549 g/mol. The van der Waals surface area contributed by atoms with E-state index in [0.717, 1.165) is 61.1 Å². The lowest BCUT2D eigenvalue weighted by molar-refractivity contribution is 0.670. The fraction of sp³-hybridized carbons (Fsp3) is 0. The van der Waals surface area contributed by atoms with Gasteiger partial charge in [-0.2, -0.15) is 5.26 Å². The van der Waals surface area contributed by atoms with Crippen LogP contribution in [-0.2, 0) is 0 Å². The summed E-state index contributed by atoms with van der Waals surface area (Å²) in [6.45, 7) is 0. The lowest BCUT2D eigenvalue weighted by Crippen LogP contribution is -1.96. The highest BCUT2D eigenvalue weighted by atomic mass is 16.3. The Labute approximate surface area is 248 Å². The summed E-state index contributed by atoms with van der Waals surface area (Å²) in [5.41, 5.74) is 8.71.